The zero-order valence-electron chi connectivity index (χ0n) is 16.6. The van der Waals surface area contributed by atoms with Gasteiger partial charge >= 0.3 is 0 Å². The summed E-state index contributed by atoms with van der Waals surface area (Å²) >= 11 is 5.87. The summed E-state index contributed by atoms with van der Waals surface area (Å²) in [7, 11) is 1.52. The number of carbonyl (C=O) groups excluding carboxylic acids is 1. The second kappa shape index (κ2) is 8.91. The topological polar surface area (TPSA) is 96.8 Å². The van der Waals surface area contributed by atoms with Gasteiger partial charge in [0.2, 0.25) is 5.91 Å². The van der Waals surface area contributed by atoms with E-state index in [4.69, 9.17) is 26.2 Å². The first-order chi connectivity index (χ1) is 15.0. The molecule has 1 saturated heterocycles. The number of carbonyl (C=O) groups is 1. The largest absolute Gasteiger partial charge is 0.493 e. The fourth-order valence-electron chi connectivity index (χ4n) is 3.47. The molecule has 1 unspecified atom stereocenters. The van der Waals surface area contributed by atoms with E-state index in [1.54, 1.807) is 29.2 Å². The van der Waals surface area contributed by atoms with E-state index < -0.39 is 12.4 Å². The molecule has 31 heavy (non-hydrogen) atoms. The fourth-order valence-corrected chi connectivity index (χ4v) is 3.65. The predicted molar refractivity (Wildman–Crippen MR) is 113 cm³/mol. The van der Waals surface area contributed by atoms with Crippen molar-refractivity contribution in [1.29, 1.82) is 0 Å². The second-order valence-electron chi connectivity index (χ2n) is 7.00. The van der Waals surface area contributed by atoms with E-state index in [0.29, 0.717) is 47.7 Å². The van der Waals surface area contributed by atoms with Crippen molar-refractivity contribution in [3.05, 3.63) is 47.5 Å². The van der Waals surface area contributed by atoms with Gasteiger partial charge in [-0.2, -0.15) is 0 Å². The van der Waals surface area contributed by atoms with E-state index >= 15 is 0 Å². The average molecular weight is 447 g/mol. The van der Waals surface area contributed by atoms with Crippen LogP contribution >= 0.6 is 11.6 Å². The van der Waals surface area contributed by atoms with Crippen LogP contribution in [0.25, 0.3) is 10.9 Å². The molecule has 1 aromatic heterocycles. The molecular formula is C21H20ClFN4O4. The van der Waals surface area contributed by atoms with Crippen molar-refractivity contribution >= 4 is 39.9 Å². The summed E-state index contributed by atoms with van der Waals surface area (Å²) in [5.74, 6) is 0.378. The Kier molecular flexibility index (Phi) is 6.06. The van der Waals surface area contributed by atoms with Gasteiger partial charge in [0.15, 0.2) is 17.3 Å². The standard InChI is InChI=1S/C21H20ClFN4O4/c1-30-17-8-16-13(7-18(17)31-12-5-6-27(9-12)19(29)10-28)21(25-11-24-16)26-15-4-2-3-14(22)20(15)23/h2-4,7-8,11-12,28H,5-6,9-10H2,1H3,(H,24,25,26). The molecule has 162 valence electrons. The molecule has 0 saturated carbocycles. The lowest BCUT2D eigenvalue weighted by molar-refractivity contribution is -0.133. The lowest BCUT2D eigenvalue weighted by atomic mass is 10.2. The molecule has 1 aliphatic heterocycles. The van der Waals surface area contributed by atoms with Crippen molar-refractivity contribution < 1.29 is 23.8 Å². The minimum Gasteiger partial charge on any atom is -0.493 e. The lowest BCUT2D eigenvalue weighted by Gasteiger charge is -2.18. The summed E-state index contributed by atoms with van der Waals surface area (Å²) in [6.07, 6.45) is 1.73. The Hall–Kier alpha value is -3.17. The third-order valence-corrected chi connectivity index (χ3v) is 5.34. The number of nitrogens with one attached hydrogen (secondary N) is 1. The number of amides is 1. The number of aromatic nitrogens is 2. The summed E-state index contributed by atoms with van der Waals surface area (Å²) in [6, 6.07) is 8.08. The number of likely N-dealkylation sites (tertiary alicyclic amines) is 1. The van der Waals surface area contributed by atoms with E-state index in [2.05, 4.69) is 15.3 Å². The van der Waals surface area contributed by atoms with Crippen molar-refractivity contribution in [2.45, 2.75) is 12.5 Å². The minimum absolute atomic E-state index is 0.00253. The number of benzene rings is 2. The van der Waals surface area contributed by atoms with Gasteiger partial charge in [0.05, 0.1) is 29.9 Å². The quantitative estimate of drug-likeness (QED) is 0.600. The minimum atomic E-state index is -0.583. The van der Waals surface area contributed by atoms with Gasteiger partial charge in [0.25, 0.3) is 0 Å². The maximum absolute atomic E-state index is 14.4. The molecule has 2 N–H and O–H groups in total. The molecular weight excluding hydrogens is 427 g/mol. The van der Waals surface area contributed by atoms with Gasteiger partial charge in [0, 0.05) is 24.4 Å². The number of hydrogen-bond donors (Lipinski definition) is 2. The molecule has 0 spiro atoms. The third-order valence-electron chi connectivity index (χ3n) is 5.05. The Balaban J connectivity index is 1.66. The molecule has 0 aliphatic carbocycles. The summed E-state index contributed by atoms with van der Waals surface area (Å²) < 4.78 is 25.9. The van der Waals surface area contributed by atoms with Crippen molar-refractivity contribution in [3.8, 4) is 11.5 Å². The molecule has 1 amide bonds. The maximum atomic E-state index is 14.4. The highest BCUT2D eigenvalue weighted by Gasteiger charge is 2.28. The summed E-state index contributed by atoms with van der Waals surface area (Å²) in [6.45, 7) is 0.340. The van der Waals surface area contributed by atoms with Crippen molar-refractivity contribution in [2.24, 2.45) is 0 Å². The second-order valence-corrected chi connectivity index (χ2v) is 7.40. The van der Waals surface area contributed by atoms with Crippen LogP contribution in [-0.2, 0) is 4.79 Å². The van der Waals surface area contributed by atoms with Gasteiger partial charge in [-0.05, 0) is 18.2 Å². The number of anilines is 2. The number of rotatable bonds is 6. The highest BCUT2D eigenvalue weighted by molar-refractivity contribution is 6.31. The maximum Gasteiger partial charge on any atom is 0.248 e. The number of ether oxygens (including phenoxy) is 2. The average Bonchev–Trinajstić information content (AvgIpc) is 3.25. The highest BCUT2D eigenvalue weighted by Crippen LogP contribution is 2.36. The summed E-state index contributed by atoms with van der Waals surface area (Å²) in [4.78, 5) is 21.8. The van der Waals surface area contributed by atoms with Crippen LogP contribution in [0.5, 0.6) is 11.5 Å². The van der Waals surface area contributed by atoms with Crippen LogP contribution in [0.4, 0.5) is 15.9 Å². The van der Waals surface area contributed by atoms with E-state index in [-0.39, 0.29) is 22.7 Å². The highest BCUT2D eigenvalue weighted by atomic mass is 35.5. The number of halogens is 2. The van der Waals surface area contributed by atoms with Crippen LogP contribution in [0.15, 0.2) is 36.7 Å². The number of methoxy groups -OCH3 is 1. The third kappa shape index (κ3) is 4.33. The Labute approximate surface area is 182 Å². The molecule has 1 aliphatic rings. The number of hydrogen-bond acceptors (Lipinski definition) is 7. The zero-order chi connectivity index (χ0) is 22.0. The lowest BCUT2D eigenvalue weighted by Crippen LogP contribution is -2.32. The Morgan fingerprint density at radius 3 is 2.97 bits per heavy atom. The first-order valence-corrected chi connectivity index (χ1v) is 9.97. The normalized spacial score (nSPS) is 15.9. The van der Waals surface area contributed by atoms with Crippen LogP contribution in [0, 0.1) is 5.82 Å². The van der Waals surface area contributed by atoms with Crippen molar-refractivity contribution in [1.82, 2.24) is 14.9 Å². The first-order valence-electron chi connectivity index (χ1n) is 9.59. The van der Waals surface area contributed by atoms with E-state index in [9.17, 15) is 9.18 Å². The number of fused-ring (bicyclic) bond motifs is 1. The van der Waals surface area contributed by atoms with Crippen molar-refractivity contribution in [3.63, 3.8) is 0 Å². The summed E-state index contributed by atoms with van der Waals surface area (Å²) in [5.41, 5.74) is 0.757. The molecule has 1 atom stereocenters. The van der Waals surface area contributed by atoms with Gasteiger partial charge in [-0.25, -0.2) is 14.4 Å². The van der Waals surface area contributed by atoms with Crippen molar-refractivity contribution in [2.75, 3.05) is 32.1 Å². The molecule has 8 nitrogen and oxygen atoms in total. The van der Waals surface area contributed by atoms with Crippen LogP contribution in [-0.4, -0.2) is 58.8 Å². The Morgan fingerprint density at radius 1 is 1.35 bits per heavy atom. The fraction of sp³-hybridized carbons (Fsp3) is 0.286. The molecule has 10 heteroatoms. The van der Waals surface area contributed by atoms with Gasteiger partial charge in [-0.1, -0.05) is 17.7 Å². The van der Waals surface area contributed by atoms with E-state index in [1.807, 2.05) is 0 Å². The molecule has 3 aromatic rings. The smallest absolute Gasteiger partial charge is 0.248 e. The molecule has 2 heterocycles. The van der Waals surface area contributed by atoms with E-state index in [1.165, 1.54) is 19.5 Å². The van der Waals surface area contributed by atoms with E-state index in [0.717, 1.165) is 0 Å². The predicted octanol–water partition coefficient (Wildman–Crippen LogP) is 3.15. The van der Waals surface area contributed by atoms with Gasteiger partial charge in [-0.3, -0.25) is 4.79 Å². The SMILES string of the molecule is COc1cc2ncnc(Nc3cccc(Cl)c3F)c2cc1OC1CCN(C(=O)CO)C1. The van der Waals surface area contributed by atoms with Crippen LogP contribution in [0.1, 0.15) is 6.42 Å². The van der Waals surface area contributed by atoms with Gasteiger partial charge in [-0.15, -0.1) is 0 Å². The molecule has 1 fully saturated rings. The molecule has 0 radical (unpaired) electrons. The number of nitrogens with zero attached hydrogens (tertiary/aromatic N) is 3. The van der Waals surface area contributed by atoms with Gasteiger partial charge < -0.3 is 24.8 Å². The first kappa shape index (κ1) is 21.1. The Bertz CT molecular complexity index is 1130. The monoisotopic (exact) mass is 446 g/mol. The molecule has 4 rings (SSSR count). The number of aliphatic hydroxyl groups excluding tert-OH is 1. The zero-order valence-corrected chi connectivity index (χ0v) is 17.4. The summed E-state index contributed by atoms with van der Waals surface area (Å²) in [5, 5.41) is 12.6. The van der Waals surface area contributed by atoms with Crippen LogP contribution in [0.2, 0.25) is 5.02 Å². The van der Waals surface area contributed by atoms with Gasteiger partial charge in [0.1, 0.15) is 24.9 Å². The molecule has 2 aromatic carbocycles. The number of aliphatic hydroxyl groups is 1. The molecule has 0 bridgehead atoms. The van der Waals surface area contributed by atoms with Crippen LogP contribution in [0.3, 0.4) is 0 Å². The Morgan fingerprint density at radius 2 is 2.19 bits per heavy atom. The van der Waals surface area contributed by atoms with Crippen LogP contribution < -0.4 is 14.8 Å².